The average Bonchev–Trinajstić information content (AvgIpc) is 2.97. The van der Waals surface area contributed by atoms with Crippen LogP contribution in [0.25, 0.3) is 0 Å². The summed E-state index contributed by atoms with van der Waals surface area (Å²) in [5.41, 5.74) is 4.05. The zero-order valence-electron chi connectivity index (χ0n) is 13.8. The first-order chi connectivity index (χ1) is 11.8. The van der Waals surface area contributed by atoms with Gasteiger partial charge in [-0.3, -0.25) is 0 Å². The van der Waals surface area contributed by atoms with Crippen molar-refractivity contribution in [1.82, 2.24) is 15.0 Å². The third-order valence-corrected chi connectivity index (χ3v) is 3.72. The SMILES string of the molecule is Cn1nnc(COCc2ccccc2)c1COCc1ccccc1. The molecule has 0 spiro atoms. The predicted octanol–water partition coefficient (Wildman–Crippen LogP) is 3.25. The van der Waals surface area contributed by atoms with Crippen molar-refractivity contribution in [2.24, 2.45) is 7.05 Å². The maximum absolute atomic E-state index is 5.79. The number of benzene rings is 2. The van der Waals surface area contributed by atoms with Crippen LogP contribution in [0.4, 0.5) is 0 Å². The lowest BCUT2D eigenvalue weighted by atomic mass is 10.2. The largest absolute Gasteiger partial charge is 0.370 e. The number of aryl methyl sites for hydroxylation is 1. The van der Waals surface area contributed by atoms with Crippen molar-refractivity contribution in [2.75, 3.05) is 0 Å². The fourth-order valence-electron chi connectivity index (χ4n) is 2.39. The minimum atomic E-state index is 0.423. The Morgan fingerprint density at radius 1 is 0.750 bits per heavy atom. The van der Waals surface area contributed by atoms with Crippen LogP contribution in [0.3, 0.4) is 0 Å². The normalized spacial score (nSPS) is 10.9. The van der Waals surface area contributed by atoms with E-state index >= 15 is 0 Å². The van der Waals surface area contributed by atoms with Gasteiger partial charge in [-0.2, -0.15) is 0 Å². The molecule has 0 aliphatic carbocycles. The summed E-state index contributed by atoms with van der Waals surface area (Å²) in [6.07, 6.45) is 0. The van der Waals surface area contributed by atoms with Gasteiger partial charge in [0.1, 0.15) is 5.69 Å². The van der Waals surface area contributed by atoms with Crippen LogP contribution in [0.5, 0.6) is 0 Å². The molecular weight excluding hydrogens is 302 g/mol. The van der Waals surface area contributed by atoms with Crippen LogP contribution in [0, 0.1) is 0 Å². The van der Waals surface area contributed by atoms with Crippen LogP contribution in [-0.2, 0) is 42.9 Å². The van der Waals surface area contributed by atoms with Crippen LogP contribution < -0.4 is 0 Å². The first-order valence-electron chi connectivity index (χ1n) is 7.93. The molecule has 0 unspecified atom stereocenters. The quantitative estimate of drug-likeness (QED) is 0.638. The monoisotopic (exact) mass is 323 g/mol. The van der Waals surface area contributed by atoms with Crippen LogP contribution in [0.15, 0.2) is 60.7 Å². The van der Waals surface area contributed by atoms with Gasteiger partial charge in [0.2, 0.25) is 0 Å². The van der Waals surface area contributed by atoms with E-state index in [0.717, 1.165) is 22.5 Å². The second-order valence-electron chi connectivity index (χ2n) is 5.56. The summed E-state index contributed by atoms with van der Waals surface area (Å²) in [5.74, 6) is 0. The molecule has 0 saturated heterocycles. The Hall–Kier alpha value is -2.50. The Kier molecular flexibility index (Phi) is 5.71. The van der Waals surface area contributed by atoms with Gasteiger partial charge in [-0.05, 0) is 11.1 Å². The van der Waals surface area contributed by atoms with Gasteiger partial charge in [-0.25, -0.2) is 4.68 Å². The summed E-state index contributed by atoms with van der Waals surface area (Å²) in [4.78, 5) is 0. The number of hydrogen-bond donors (Lipinski definition) is 0. The molecule has 2 aromatic carbocycles. The fraction of sp³-hybridized carbons (Fsp3) is 0.263. The third-order valence-electron chi connectivity index (χ3n) is 3.72. The second kappa shape index (κ2) is 8.38. The third kappa shape index (κ3) is 4.50. The molecule has 0 N–H and O–H groups in total. The second-order valence-corrected chi connectivity index (χ2v) is 5.56. The van der Waals surface area contributed by atoms with Gasteiger partial charge in [-0.1, -0.05) is 65.9 Å². The molecule has 0 atom stereocenters. The molecular formula is C19H21N3O2. The van der Waals surface area contributed by atoms with Crippen LogP contribution in [0.2, 0.25) is 0 Å². The van der Waals surface area contributed by atoms with E-state index in [1.165, 1.54) is 0 Å². The minimum Gasteiger partial charge on any atom is -0.370 e. The van der Waals surface area contributed by atoms with E-state index < -0.39 is 0 Å². The molecule has 0 aliphatic rings. The molecule has 124 valence electrons. The van der Waals surface area contributed by atoms with Crippen molar-refractivity contribution >= 4 is 0 Å². The first-order valence-corrected chi connectivity index (χ1v) is 7.93. The molecule has 5 heteroatoms. The Balaban J connectivity index is 1.51. The maximum Gasteiger partial charge on any atom is 0.114 e. The first kappa shape index (κ1) is 16.4. The summed E-state index contributed by atoms with van der Waals surface area (Å²) in [6, 6.07) is 20.2. The van der Waals surface area contributed by atoms with Crippen molar-refractivity contribution in [3.63, 3.8) is 0 Å². The highest BCUT2D eigenvalue weighted by Gasteiger charge is 2.11. The van der Waals surface area contributed by atoms with E-state index in [-0.39, 0.29) is 0 Å². The average molecular weight is 323 g/mol. The van der Waals surface area contributed by atoms with Crippen molar-refractivity contribution < 1.29 is 9.47 Å². The highest BCUT2D eigenvalue weighted by molar-refractivity contribution is 5.15. The zero-order valence-corrected chi connectivity index (χ0v) is 13.8. The van der Waals surface area contributed by atoms with E-state index in [1.807, 2.05) is 67.7 Å². The van der Waals surface area contributed by atoms with Gasteiger partial charge in [0.15, 0.2) is 0 Å². The molecule has 1 aromatic heterocycles. The number of aromatic nitrogens is 3. The standard InChI is InChI=1S/C19H21N3O2/c1-22-19(15-24-13-17-10-6-3-7-11-17)18(20-21-22)14-23-12-16-8-4-2-5-9-16/h2-11H,12-15H2,1H3. The molecule has 3 aromatic rings. The molecule has 0 aliphatic heterocycles. The molecule has 0 saturated carbocycles. The molecule has 24 heavy (non-hydrogen) atoms. The lowest BCUT2D eigenvalue weighted by molar-refractivity contribution is 0.0892. The lowest BCUT2D eigenvalue weighted by Gasteiger charge is -2.07. The lowest BCUT2D eigenvalue weighted by Crippen LogP contribution is -2.05. The van der Waals surface area contributed by atoms with E-state index in [9.17, 15) is 0 Å². The van der Waals surface area contributed by atoms with Crippen molar-refractivity contribution in [2.45, 2.75) is 26.4 Å². The molecule has 0 bridgehead atoms. The van der Waals surface area contributed by atoms with Crippen molar-refractivity contribution in [1.29, 1.82) is 0 Å². The minimum absolute atomic E-state index is 0.423. The highest BCUT2D eigenvalue weighted by Crippen LogP contribution is 2.11. The summed E-state index contributed by atoms with van der Waals surface area (Å²) < 4.78 is 13.3. The number of nitrogens with zero attached hydrogens (tertiary/aromatic N) is 3. The van der Waals surface area contributed by atoms with Crippen LogP contribution >= 0.6 is 0 Å². The van der Waals surface area contributed by atoms with Crippen LogP contribution in [0.1, 0.15) is 22.5 Å². The van der Waals surface area contributed by atoms with E-state index in [0.29, 0.717) is 26.4 Å². The zero-order chi connectivity index (χ0) is 16.6. The Labute approximate surface area is 141 Å². The molecule has 5 nitrogen and oxygen atoms in total. The molecule has 0 fully saturated rings. The van der Waals surface area contributed by atoms with E-state index in [2.05, 4.69) is 10.3 Å². The number of hydrogen-bond acceptors (Lipinski definition) is 4. The van der Waals surface area contributed by atoms with Crippen molar-refractivity contribution in [3.8, 4) is 0 Å². The summed E-state index contributed by atoms with van der Waals surface area (Å²) in [6.45, 7) is 2.01. The van der Waals surface area contributed by atoms with Gasteiger partial charge in [0.25, 0.3) is 0 Å². The summed E-state index contributed by atoms with van der Waals surface area (Å²) >= 11 is 0. The highest BCUT2D eigenvalue weighted by atomic mass is 16.5. The van der Waals surface area contributed by atoms with Gasteiger partial charge in [0, 0.05) is 7.05 Å². The Morgan fingerprint density at radius 3 is 1.88 bits per heavy atom. The molecule has 0 amide bonds. The predicted molar refractivity (Wildman–Crippen MR) is 90.9 cm³/mol. The topological polar surface area (TPSA) is 49.2 Å². The van der Waals surface area contributed by atoms with Crippen LogP contribution in [-0.4, -0.2) is 15.0 Å². The summed E-state index contributed by atoms with van der Waals surface area (Å²) in [7, 11) is 1.87. The molecule has 1 heterocycles. The fourth-order valence-corrected chi connectivity index (χ4v) is 2.39. The maximum atomic E-state index is 5.79. The smallest absolute Gasteiger partial charge is 0.114 e. The van der Waals surface area contributed by atoms with Gasteiger partial charge in [-0.15, -0.1) is 5.10 Å². The van der Waals surface area contributed by atoms with E-state index in [1.54, 1.807) is 4.68 Å². The number of rotatable bonds is 8. The number of ether oxygens (including phenoxy) is 2. The molecule has 0 radical (unpaired) electrons. The van der Waals surface area contributed by atoms with Gasteiger partial charge < -0.3 is 9.47 Å². The van der Waals surface area contributed by atoms with Gasteiger partial charge >= 0.3 is 0 Å². The molecule has 3 rings (SSSR count). The van der Waals surface area contributed by atoms with Crippen molar-refractivity contribution in [3.05, 3.63) is 83.2 Å². The van der Waals surface area contributed by atoms with Gasteiger partial charge in [0.05, 0.1) is 32.1 Å². The summed E-state index contributed by atoms with van der Waals surface area (Å²) in [5, 5.41) is 8.26. The Bertz CT molecular complexity index is 742. The Morgan fingerprint density at radius 2 is 1.29 bits per heavy atom. The van der Waals surface area contributed by atoms with E-state index in [4.69, 9.17) is 9.47 Å².